The molecule has 2 N–H and O–H groups in total. The van der Waals surface area contributed by atoms with Gasteiger partial charge in [0, 0.05) is 18.3 Å². The van der Waals surface area contributed by atoms with Crippen molar-refractivity contribution in [2.24, 2.45) is 0 Å². The summed E-state index contributed by atoms with van der Waals surface area (Å²) < 4.78 is 20.1. The molecule has 0 fully saturated rings. The summed E-state index contributed by atoms with van der Waals surface area (Å²) >= 11 is 0. The molecule has 0 spiro atoms. The first-order valence-corrected chi connectivity index (χ1v) is 7.47. The van der Waals surface area contributed by atoms with Gasteiger partial charge in [-0.15, -0.1) is 0 Å². The van der Waals surface area contributed by atoms with E-state index in [9.17, 15) is 9.18 Å². The average molecular weight is 321 g/mol. The van der Waals surface area contributed by atoms with Crippen LogP contribution < -0.4 is 10.1 Å². The second kappa shape index (κ2) is 8.17. The summed E-state index contributed by atoms with van der Waals surface area (Å²) in [6, 6.07) is 3.59. The summed E-state index contributed by atoms with van der Waals surface area (Å²) in [5, 5.41) is 10.6. The number of rotatable bonds is 8. The molecule has 2 heterocycles. The molecule has 6 nitrogen and oxygen atoms in total. The van der Waals surface area contributed by atoms with E-state index in [1.165, 1.54) is 0 Å². The minimum absolute atomic E-state index is 0.0281. The average Bonchev–Trinajstić information content (AvgIpc) is 2.94. The molecule has 1 amide bonds. The second-order valence-corrected chi connectivity index (χ2v) is 5.18. The number of ether oxygens (including phenoxy) is 1. The number of fused-ring (bicyclic) bond motifs is 1. The Kier molecular flexibility index (Phi) is 5.96. The van der Waals surface area contributed by atoms with Crippen LogP contribution >= 0.6 is 0 Å². The van der Waals surface area contributed by atoms with Crippen molar-refractivity contribution in [3.8, 4) is 5.75 Å². The third-order valence-corrected chi connectivity index (χ3v) is 3.31. The van der Waals surface area contributed by atoms with E-state index in [0.29, 0.717) is 12.1 Å². The van der Waals surface area contributed by atoms with Gasteiger partial charge in [0.05, 0.1) is 18.2 Å². The van der Waals surface area contributed by atoms with Crippen LogP contribution in [-0.2, 0) is 6.42 Å². The molecule has 2 aromatic rings. The Morgan fingerprint density at radius 1 is 1.48 bits per heavy atom. The molecule has 0 aromatic carbocycles. The molecule has 0 radical (unpaired) electrons. The van der Waals surface area contributed by atoms with E-state index >= 15 is 0 Å². The summed E-state index contributed by atoms with van der Waals surface area (Å²) in [5.41, 5.74) is 2.07. The number of nitrogens with zero attached hydrogens (tertiary/aromatic N) is 2. The monoisotopic (exact) mass is 321 g/mol. The lowest BCUT2D eigenvalue weighted by Crippen LogP contribution is -2.25. The number of halogens is 1. The van der Waals surface area contributed by atoms with Crippen molar-refractivity contribution in [1.82, 2.24) is 14.7 Å². The van der Waals surface area contributed by atoms with Crippen LogP contribution in [-0.4, -0.2) is 33.7 Å². The normalized spacial score (nSPS) is 11.7. The number of unbranched alkanes of at least 4 members (excludes halogenated alkanes) is 1. The van der Waals surface area contributed by atoms with Gasteiger partial charge >= 0.3 is 6.09 Å². The summed E-state index contributed by atoms with van der Waals surface area (Å²) in [7, 11) is 0. The Morgan fingerprint density at radius 3 is 3.00 bits per heavy atom. The fourth-order valence-electron chi connectivity index (χ4n) is 2.07. The van der Waals surface area contributed by atoms with Crippen molar-refractivity contribution in [2.75, 3.05) is 13.2 Å². The largest absolute Gasteiger partial charge is 0.488 e. The van der Waals surface area contributed by atoms with Gasteiger partial charge < -0.3 is 19.6 Å². The topological polar surface area (TPSA) is 75.9 Å². The molecule has 0 aliphatic heterocycles. The Labute approximate surface area is 133 Å². The van der Waals surface area contributed by atoms with E-state index in [0.717, 1.165) is 30.6 Å². The number of pyridine rings is 1. The lowest BCUT2D eigenvalue weighted by atomic mass is 10.2. The van der Waals surface area contributed by atoms with Crippen LogP contribution in [0.2, 0.25) is 0 Å². The molecular weight excluding hydrogens is 301 g/mol. The number of aryl methyl sites for hydroxylation is 1. The molecule has 0 bridgehead atoms. The van der Waals surface area contributed by atoms with Gasteiger partial charge in [0.2, 0.25) is 0 Å². The number of imidazole rings is 1. The Hall–Kier alpha value is -2.57. The molecule has 2 rings (SSSR count). The molecule has 0 saturated carbocycles. The maximum Gasteiger partial charge on any atom is 0.404 e. The first kappa shape index (κ1) is 16.8. The van der Waals surface area contributed by atoms with Gasteiger partial charge in [0.15, 0.2) is 0 Å². The minimum atomic E-state index is -1.20. The van der Waals surface area contributed by atoms with Gasteiger partial charge in [-0.1, -0.05) is 13.3 Å². The Balaban J connectivity index is 1.98. The number of hydrogen-bond donors (Lipinski definition) is 2. The van der Waals surface area contributed by atoms with Gasteiger partial charge in [0.25, 0.3) is 0 Å². The summed E-state index contributed by atoms with van der Waals surface area (Å²) in [4.78, 5) is 14.9. The highest BCUT2D eigenvalue weighted by molar-refractivity contribution is 5.64. The molecule has 2 aromatic heterocycles. The lowest BCUT2D eigenvalue weighted by molar-refractivity contribution is 0.195. The SMILES string of the molecule is CCCCc1cn2cc(OCC(=CF)CNC(=O)O)ccc2n1. The standard InChI is InChI=1S/C16H20FN3O3/c1-2-3-4-13-9-20-10-14(5-6-15(20)19-13)23-11-12(7-17)8-18-16(21)22/h5-7,9-10,18H,2-4,8,11H2,1H3,(H,21,22). The van der Waals surface area contributed by atoms with Crippen LogP contribution in [0.3, 0.4) is 0 Å². The first-order valence-electron chi connectivity index (χ1n) is 7.47. The van der Waals surface area contributed by atoms with E-state index in [4.69, 9.17) is 9.84 Å². The molecule has 124 valence electrons. The highest BCUT2D eigenvalue weighted by atomic mass is 19.1. The van der Waals surface area contributed by atoms with Crippen LogP contribution in [0.25, 0.3) is 5.65 Å². The number of carboxylic acid groups (broad SMARTS) is 1. The fourth-order valence-corrected chi connectivity index (χ4v) is 2.07. The molecule has 0 atom stereocenters. The van der Waals surface area contributed by atoms with Crippen LogP contribution in [0.1, 0.15) is 25.5 Å². The van der Waals surface area contributed by atoms with E-state index in [1.54, 1.807) is 12.3 Å². The molecule has 0 aliphatic rings. The predicted molar refractivity (Wildman–Crippen MR) is 84.5 cm³/mol. The van der Waals surface area contributed by atoms with Crippen LogP contribution in [0, 0.1) is 0 Å². The van der Waals surface area contributed by atoms with E-state index in [-0.39, 0.29) is 18.7 Å². The summed E-state index contributed by atoms with van der Waals surface area (Å²) in [6.45, 7) is 2.00. The third kappa shape index (κ3) is 4.98. The van der Waals surface area contributed by atoms with Gasteiger partial charge in [-0.25, -0.2) is 14.2 Å². The third-order valence-electron chi connectivity index (χ3n) is 3.31. The number of carbonyl (C=O) groups is 1. The summed E-state index contributed by atoms with van der Waals surface area (Å²) in [6.07, 6.45) is 6.02. The zero-order chi connectivity index (χ0) is 16.7. The molecule has 0 aliphatic carbocycles. The fraction of sp³-hybridized carbons (Fsp3) is 0.375. The maximum absolute atomic E-state index is 12.7. The smallest absolute Gasteiger partial charge is 0.404 e. The second-order valence-electron chi connectivity index (χ2n) is 5.18. The first-order chi connectivity index (χ1) is 11.1. The zero-order valence-electron chi connectivity index (χ0n) is 13.0. The molecule has 0 unspecified atom stereocenters. The van der Waals surface area contributed by atoms with Crippen LogP contribution in [0.4, 0.5) is 9.18 Å². The Morgan fingerprint density at radius 2 is 2.30 bits per heavy atom. The van der Waals surface area contributed by atoms with Crippen molar-refractivity contribution < 1.29 is 19.0 Å². The van der Waals surface area contributed by atoms with Gasteiger partial charge in [-0.3, -0.25) is 0 Å². The lowest BCUT2D eigenvalue weighted by Gasteiger charge is -2.09. The molecule has 7 heteroatoms. The van der Waals surface area contributed by atoms with Crippen molar-refractivity contribution in [2.45, 2.75) is 26.2 Å². The molecule has 0 saturated heterocycles. The number of amides is 1. The van der Waals surface area contributed by atoms with Crippen LogP contribution in [0.15, 0.2) is 36.4 Å². The van der Waals surface area contributed by atoms with Gasteiger partial charge in [-0.2, -0.15) is 0 Å². The number of nitrogens with one attached hydrogen (secondary N) is 1. The Bertz CT molecular complexity index is 697. The maximum atomic E-state index is 12.7. The predicted octanol–water partition coefficient (Wildman–Crippen LogP) is 3.18. The summed E-state index contributed by atoms with van der Waals surface area (Å²) in [5.74, 6) is 0.562. The highest BCUT2D eigenvalue weighted by Gasteiger charge is 2.05. The van der Waals surface area contributed by atoms with Crippen LogP contribution in [0.5, 0.6) is 5.75 Å². The molecular formula is C16H20FN3O3. The van der Waals surface area contributed by atoms with Crippen molar-refractivity contribution in [3.63, 3.8) is 0 Å². The highest BCUT2D eigenvalue weighted by Crippen LogP contribution is 2.15. The van der Waals surface area contributed by atoms with Crippen molar-refractivity contribution in [1.29, 1.82) is 0 Å². The van der Waals surface area contributed by atoms with E-state index < -0.39 is 6.09 Å². The zero-order valence-corrected chi connectivity index (χ0v) is 13.0. The van der Waals surface area contributed by atoms with Gasteiger partial charge in [-0.05, 0) is 25.0 Å². The van der Waals surface area contributed by atoms with Gasteiger partial charge in [0.1, 0.15) is 18.0 Å². The minimum Gasteiger partial charge on any atom is -0.488 e. The molecule has 23 heavy (non-hydrogen) atoms. The number of hydrogen-bond acceptors (Lipinski definition) is 3. The van der Waals surface area contributed by atoms with Crippen molar-refractivity contribution in [3.05, 3.63) is 42.1 Å². The van der Waals surface area contributed by atoms with Crippen molar-refractivity contribution >= 4 is 11.7 Å². The van der Waals surface area contributed by atoms with E-state index in [2.05, 4.69) is 17.2 Å². The number of aromatic nitrogens is 2. The quantitative estimate of drug-likeness (QED) is 0.783. The van der Waals surface area contributed by atoms with E-state index in [1.807, 2.05) is 16.7 Å².